The fourth-order valence-electron chi connectivity index (χ4n) is 2.90. The number of ketones is 1. The Morgan fingerprint density at radius 1 is 1.30 bits per heavy atom. The average Bonchev–Trinajstić information content (AvgIpc) is 3.21. The summed E-state index contributed by atoms with van der Waals surface area (Å²) < 4.78 is 18.4. The second kappa shape index (κ2) is 6.83. The molecule has 0 saturated heterocycles. The number of carbonyl (C=O) groups excluding carboxylic acids is 2. The Hall–Kier alpha value is -3.22. The maximum absolute atomic E-state index is 13.2. The number of aryl methyl sites for hydroxylation is 1. The monoisotopic (exact) mass is 367 g/mol. The molecule has 27 heavy (non-hydrogen) atoms. The third-order valence-electron chi connectivity index (χ3n) is 4.65. The van der Waals surface area contributed by atoms with Gasteiger partial charge >= 0.3 is 0 Å². The van der Waals surface area contributed by atoms with Crippen LogP contribution in [0.3, 0.4) is 0 Å². The van der Waals surface area contributed by atoms with E-state index in [0.717, 1.165) is 12.8 Å². The number of rotatable bonds is 6. The number of nitrogens with one attached hydrogen (secondary N) is 2. The van der Waals surface area contributed by atoms with Gasteiger partial charge < -0.3 is 14.8 Å². The molecule has 1 aliphatic rings. The van der Waals surface area contributed by atoms with Gasteiger partial charge in [-0.3, -0.25) is 9.59 Å². The lowest BCUT2D eigenvalue weighted by Crippen LogP contribution is -2.25. The van der Waals surface area contributed by atoms with E-state index in [1.54, 1.807) is 6.92 Å². The molecule has 4 rings (SSSR count). The van der Waals surface area contributed by atoms with Gasteiger partial charge in [0.2, 0.25) is 0 Å². The molecule has 2 aromatic heterocycles. The maximum Gasteiger partial charge on any atom is 0.267 e. The molecule has 0 bridgehead atoms. The second-order valence-electron chi connectivity index (χ2n) is 6.75. The van der Waals surface area contributed by atoms with Crippen LogP contribution in [0.15, 0.2) is 41.1 Å². The molecule has 0 aliphatic heterocycles. The summed E-state index contributed by atoms with van der Waals surface area (Å²) in [5.74, 6) is 0.00911. The largest absolute Gasteiger partial charge is 0.360 e. The quantitative estimate of drug-likeness (QED) is 0.653. The van der Waals surface area contributed by atoms with E-state index in [4.69, 9.17) is 4.52 Å². The van der Waals surface area contributed by atoms with E-state index >= 15 is 0 Å². The molecule has 1 saturated carbocycles. The van der Waals surface area contributed by atoms with Gasteiger partial charge in [0.1, 0.15) is 23.0 Å². The van der Waals surface area contributed by atoms with E-state index in [-0.39, 0.29) is 17.5 Å². The lowest BCUT2D eigenvalue weighted by Gasteiger charge is -2.02. The van der Waals surface area contributed by atoms with Crippen molar-refractivity contribution in [2.75, 3.05) is 6.54 Å². The molecule has 0 spiro atoms. The number of H-pyrrole nitrogens is 1. The molecule has 0 unspecified atom stereocenters. The number of hydrogen-bond acceptors (Lipinski definition) is 4. The number of carbonyl (C=O) groups is 2. The van der Waals surface area contributed by atoms with Crippen molar-refractivity contribution >= 4 is 11.7 Å². The standard InChI is InChI=1S/C20H18FN3O3/c1-11-17(18(24-27-11)13-4-6-15(21)7-5-13)19(25)14-8-16(22-10-14)20(26)23-9-12-2-3-12/h4-8,10,12,22H,2-3,9H2,1H3,(H,23,26). The highest BCUT2D eigenvalue weighted by Crippen LogP contribution is 2.29. The van der Waals surface area contributed by atoms with Crippen LogP contribution in [0.4, 0.5) is 4.39 Å². The highest BCUT2D eigenvalue weighted by atomic mass is 19.1. The summed E-state index contributed by atoms with van der Waals surface area (Å²) in [6.07, 6.45) is 3.79. The van der Waals surface area contributed by atoms with E-state index in [0.29, 0.717) is 46.3 Å². The van der Waals surface area contributed by atoms with Crippen LogP contribution in [0.1, 0.15) is 45.0 Å². The van der Waals surface area contributed by atoms with Crippen molar-refractivity contribution in [3.63, 3.8) is 0 Å². The minimum absolute atomic E-state index is 0.234. The summed E-state index contributed by atoms with van der Waals surface area (Å²) in [6, 6.07) is 7.19. The third-order valence-corrected chi connectivity index (χ3v) is 4.65. The summed E-state index contributed by atoms with van der Waals surface area (Å²) in [7, 11) is 0. The van der Waals surface area contributed by atoms with Crippen molar-refractivity contribution in [2.45, 2.75) is 19.8 Å². The van der Waals surface area contributed by atoms with E-state index in [2.05, 4.69) is 15.5 Å². The minimum atomic E-state index is -0.376. The molecule has 1 aromatic carbocycles. The molecule has 1 amide bonds. The first-order valence-corrected chi connectivity index (χ1v) is 8.76. The second-order valence-corrected chi connectivity index (χ2v) is 6.75. The van der Waals surface area contributed by atoms with Crippen LogP contribution in [-0.2, 0) is 0 Å². The molecule has 0 atom stereocenters. The predicted molar refractivity (Wildman–Crippen MR) is 95.9 cm³/mol. The topological polar surface area (TPSA) is 88.0 Å². The fourth-order valence-corrected chi connectivity index (χ4v) is 2.90. The normalized spacial score (nSPS) is 13.6. The highest BCUT2D eigenvalue weighted by molar-refractivity contribution is 6.13. The van der Waals surface area contributed by atoms with Crippen LogP contribution < -0.4 is 5.32 Å². The van der Waals surface area contributed by atoms with E-state index in [9.17, 15) is 14.0 Å². The zero-order chi connectivity index (χ0) is 19.0. The van der Waals surface area contributed by atoms with Crippen LogP contribution in [0, 0.1) is 18.7 Å². The van der Waals surface area contributed by atoms with Crippen LogP contribution in [0.25, 0.3) is 11.3 Å². The zero-order valence-corrected chi connectivity index (χ0v) is 14.7. The van der Waals surface area contributed by atoms with Gasteiger partial charge in [-0.2, -0.15) is 0 Å². The minimum Gasteiger partial charge on any atom is -0.360 e. The Morgan fingerprint density at radius 3 is 2.74 bits per heavy atom. The summed E-state index contributed by atoms with van der Waals surface area (Å²) >= 11 is 0. The average molecular weight is 367 g/mol. The molecule has 6 nitrogen and oxygen atoms in total. The van der Waals surface area contributed by atoms with Crippen molar-refractivity contribution < 1.29 is 18.5 Å². The number of halogens is 1. The van der Waals surface area contributed by atoms with Crippen molar-refractivity contribution in [2.24, 2.45) is 5.92 Å². The molecule has 2 heterocycles. The fraction of sp³-hybridized carbons (Fsp3) is 0.250. The van der Waals surface area contributed by atoms with Gasteiger partial charge in [-0.15, -0.1) is 0 Å². The Balaban J connectivity index is 1.59. The van der Waals surface area contributed by atoms with Crippen molar-refractivity contribution in [1.82, 2.24) is 15.5 Å². The van der Waals surface area contributed by atoms with Gasteiger partial charge in [0, 0.05) is 23.9 Å². The molecule has 1 aliphatic carbocycles. The maximum atomic E-state index is 13.2. The van der Waals surface area contributed by atoms with Gasteiger partial charge in [-0.25, -0.2) is 4.39 Å². The van der Waals surface area contributed by atoms with Gasteiger partial charge in [-0.05, 0) is 56.0 Å². The van der Waals surface area contributed by atoms with Gasteiger partial charge in [0.15, 0.2) is 5.78 Å². The smallest absolute Gasteiger partial charge is 0.267 e. The number of benzene rings is 1. The Bertz CT molecular complexity index is 1000. The Labute approximate surface area is 154 Å². The van der Waals surface area contributed by atoms with Crippen molar-refractivity contribution in [3.05, 3.63) is 64.9 Å². The first kappa shape index (κ1) is 17.2. The van der Waals surface area contributed by atoms with Gasteiger partial charge in [0.05, 0.1) is 5.56 Å². The van der Waals surface area contributed by atoms with Crippen LogP contribution in [-0.4, -0.2) is 28.4 Å². The molecular formula is C20H18FN3O3. The van der Waals surface area contributed by atoms with Gasteiger partial charge in [0.25, 0.3) is 5.91 Å². The third kappa shape index (κ3) is 3.53. The molecule has 2 N–H and O–H groups in total. The number of aromatic nitrogens is 2. The lowest BCUT2D eigenvalue weighted by molar-refractivity contribution is 0.0947. The van der Waals surface area contributed by atoms with Crippen LogP contribution in [0.2, 0.25) is 0 Å². The number of amides is 1. The molecule has 1 fully saturated rings. The van der Waals surface area contributed by atoms with E-state index in [1.165, 1.54) is 36.5 Å². The Morgan fingerprint density at radius 2 is 2.04 bits per heavy atom. The number of nitrogens with zero attached hydrogens (tertiary/aromatic N) is 1. The summed E-state index contributed by atoms with van der Waals surface area (Å²) in [5, 5.41) is 6.81. The van der Waals surface area contributed by atoms with Crippen LogP contribution in [0.5, 0.6) is 0 Å². The SMILES string of the molecule is Cc1onc(-c2ccc(F)cc2)c1C(=O)c1c[nH]c(C(=O)NCC2CC2)c1. The summed E-state index contributed by atoms with van der Waals surface area (Å²) in [6.45, 7) is 2.30. The van der Waals surface area contributed by atoms with Gasteiger partial charge in [-0.1, -0.05) is 5.16 Å². The number of hydrogen-bond donors (Lipinski definition) is 2. The summed E-state index contributed by atoms with van der Waals surface area (Å²) in [4.78, 5) is 28.0. The van der Waals surface area contributed by atoms with Crippen molar-refractivity contribution in [3.8, 4) is 11.3 Å². The first-order valence-electron chi connectivity index (χ1n) is 8.76. The zero-order valence-electron chi connectivity index (χ0n) is 14.7. The highest BCUT2D eigenvalue weighted by Gasteiger charge is 2.25. The molecule has 7 heteroatoms. The summed E-state index contributed by atoms with van der Waals surface area (Å²) in [5.41, 5.74) is 1.89. The van der Waals surface area contributed by atoms with E-state index < -0.39 is 0 Å². The molecule has 0 radical (unpaired) electrons. The predicted octanol–water partition coefficient (Wildman–Crippen LogP) is 3.49. The first-order chi connectivity index (χ1) is 13.0. The molecule has 3 aromatic rings. The van der Waals surface area contributed by atoms with E-state index in [1.807, 2.05) is 0 Å². The molecule has 138 valence electrons. The van der Waals surface area contributed by atoms with Crippen molar-refractivity contribution in [1.29, 1.82) is 0 Å². The lowest BCUT2D eigenvalue weighted by atomic mass is 9.99. The number of aromatic amines is 1. The Kier molecular flexibility index (Phi) is 4.35. The molecular weight excluding hydrogens is 349 g/mol. The van der Waals surface area contributed by atoms with Crippen LogP contribution >= 0.6 is 0 Å².